The number of nitrogens with one attached hydrogen (secondary N) is 1. The molecule has 1 aliphatic rings. The number of halogens is 3. The standard InChI is InChI=1S/C17H23F3N2O2/c1-22(2)16(23)11-24-15-8-4-7-14(10-15)21-13-6-3-5-12(9-13)17(18,19)20/h4,7-8,10,12-13,21H,3,5-6,9,11H2,1-2H3/t12-,13+/m0/s1. The SMILES string of the molecule is CN(C)C(=O)COc1cccc(N[C@@H]2CCC[C@H](C(F)(F)F)C2)c1. The molecule has 0 radical (unpaired) electrons. The van der Waals surface area contributed by atoms with Crippen molar-refractivity contribution in [3.63, 3.8) is 0 Å². The van der Waals surface area contributed by atoms with E-state index in [1.807, 2.05) is 0 Å². The van der Waals surface area contributed by atoms with Crippen LogP contribution in [0, 0.1) is 5.92 Å². The molecule has 0 spiro atoms. The third-order valence-electron chi connectivity index (χ3n) is 4.20. The van der Waals surface area contributed by atoms with E-state index in [9.17, 15) is 18.0 Å². The Balaban J connectivity index is 1.93. The molecule has 1 amide bonds. The van der Waals surface area contributed by atoms with Crippen molar-refractivity contribution < 1.29 is 22.7 Å². The quantitative estimate of drug-likeness (QED) is 0.886. The van der Waals surface area contributed by atoms with Crippen LogP contribution in [0.15, 0.2) is 24.3 Å². The zero-order chi connectivity index (χ0) is 17.7. The molecule has 1 aromatic carbocycles. The van der Waals surface area contributed by atoms with E-state index in [1.165, 1.54) is 4.90 Å². The lowest BCUT2D eigenvalue weighted by atomic mass is 9.85. The van der Waals surface area contributed by atoms with E-state index in [0.29, 0.717) is 17.9 Å². The lowest BCUT2D eigenvalue weighted by Gasteiger charge is -2.31. The molecule has 0 aliphatic heterocycles. The van der Waals surface area contributed by atoms with E-state index in [-0.39, 0.29) is 31.4 Å². The fourth-order valence-electron chi connectivity index (χ4n) is 2.80. The Morgan fingerprint density at radius 2 is 2.08 bits per heavy atom. The number of nitrogens with zero attached hydrogens (tertiary/aromatic N) is 1. The van der Waals surface area contributed by atoms with Crippen molar-refractivity contribution in [2.24, 2.45) is 5.92 Å². The number of hydrogen-bond donors (Lipinski definition) is 1. The van der Waals surface area contributed by atoms with Crippen molar-refractivity contribution in [3.8, 4) is 5.75 Å². The summed E-state index contributed by atoms with van der Waals surface area (Å²) >= 11 is 0. The van der Waals surface area contributed by atoms with Crippen LogP contribution in [0.5, 0.6) is 5.75 Å². The first kappa shape index (κ1) is 18.4. The predicted molar refractivity (Wildman–Crippen MR) is 86.1 cm³/mol. The summed E-state index contributed by atoms with van der Waals surface area (Å²) in [5, 5.41) is 3.16. The van der Waals surface area contributed by atoms with Crippen LogP contribution in [0.4, 0.5) is 18.9 Å². The van der Waals surface area contributed by atoms with Gasteiger partial charge in [-0.3, -0.25) is 4.79 Å². The highest BCUT2D eigenvalue weighted by Gasteiger charge is 2.42. The maximum Gasteiger partial charge on any atom is 0.391 e. The van der Waals surface area contributed by atoms with Crippen molar-refractivity contribution in [3.05, 3.63) is 24.3 Å². The van der Waals surface area contributed by atoms with Gasteiger partial charge in [-0.2, -0.15) is 13.2 Å². The second-order valence-corrected chi connectivity index (χ2v) is 6.35. The number of ether oxygens (including phenoxy) is 1. The molecule has 0 bridgehead atoms. The molecule has 134 valence electrons. The highest BCUT2D eigenvalue weighted by molar-refractivity contribution is 5.77. The molecule has 1 aliphatic carbocycles. The topological polar surface area (TPSA) is 41.6 Å². The Hall–Kier alpha value is -1.92. The maximum atomic E-state index is 12.9. The van der Waals surface area contributed by atoms with Crippen LogP contribution in [0.2, 0.25) is 0 Å². The highest BCUT2D eigenvalue weighted by Crippen LogP contribution is 2.38. The fourth-order valence-corrected chi connectivity index (χ4v) is 2.80. The van der Waals surface area contributed by atoms with Gasteiger partial charge in [0.2, 0.25) is 0 Å². The largest absolute Gasteiger partial charge is 0.484 e. The van der Waals surface area contributed by atoms with E-state index in [2.05, 4.69) is 5.32 Å². The molecular formula is C17H23F3N2O2. The molecular weight excluding hydrogens is 321 g/mol. The smallest absolute Gasteiger partial charge is 0.391 e. The molecule has 7 heteroatoms. The number of anilines is 1. The summed E-state index contributed by atoms with van der Waals surface area (Å²) in [6.07, 6.45) is -2.55. The van der Waals surface area contributed by atoms with Crippen molar-refractivity contribution in [2.45, 2.75) is 37.9 Å². The molecule has 0 saturated heterocycles. The van der Waals surface area contributed by atoms with Crippen molar-refractivity contribution in [1.82, 2.24) is 4.90 Å². The van der Waals surface area contributed by atoms with Gasteiger partial charge in [0.1, 0.15) is 5.75 Å². The third-order valence-corrected chi connectivity index (χ3v) is 4.20. The van der Waals surface area contributed by atoms with E-state index in [0.717, 1.165) is 6.42 Å². The van der Waals surface area contributed by atoms with Gasteiger partial charge >= 0.3 is 6.18 Å². The molecule has 2 rings (SSSR count). The van der Waals surface area contributed by atoms with Crippen LogP contribution >= 0.6 is 0 Å². The minimum atomic E-state index is -4.13. The number of likely N-dealkylation sites (N-methyl/N-ethyl adjacent to an activating group) is 1. The first-order chi connectivity index (χ1) is 11.3. The molecule has 0 aromatic heterocycles. The number of hydrogen-bond acceptors (Lipinski definition) is 3. The Morgan fingerprint density at radius 1 is 1.33 bits per heavy atom. The number of benzene rings is 1. The molecule has 1 aromatic rings. The zero-order valence-corrected chi connectivity index (χ0v) is 13.9. The summed E-state index contributed by atoms with van der Waals surface area (Å²) in [4.78, 5) is 13.0. The Morgan fingerprint density at radius 3 is 2.75 bits per heavy atom. The molecule has 1 saturated carbocycles. The minimum absolute atomic E-state index is 0.0734. The van der Waals surface area contributed by atoms with Crippen molar-refractivity contribution >= 4 is 11.6 Å². The zero-order valence-electron chi connectivity index (χ0n) is 13.9. The van der Waals surface area contributed by atoms with Crippen LogP contribution in [0.3, 0.4) is 0 Å². The maximum absolute atomic E-state index is 12.9. The highest BCUT2D eigenvalue weighted by atomic mass is 19.4. The van der Waals surface area contributed by atoms with Crippen molar-refractivity contribution in [2.75, 3.05) is 26.0 Å². The number of amides is 1. The van der Waals surface area contributed by atoms with Crippen LogP contribution in [0.25, 0.3) is 0 Å². The van der Waals surface area contributed by atoms with Gasteiger partial charge in [-0.05, 0) is 31.4 Å². The molecule has 4 nitrogen and oxygen atoms in total. The predicted octanol–water partition coefficient (Wildman–Crippen LogP) is 3.69. The lowest BCUT2D eigenvalue weighted by molar-refractivity contribution is -0.182. The van der Waals surface area contributed by atoms with E-state index in [1.54, 1.807) is 38.4 Å². The Kier molecular flexibility index (Phi) is 5.96. The summed E-state index contributed by atoms with van der Waals surface area (Å²) in [7, 11) is 3.29. The number of alkyl halides is 3. The van der Waals surface area contributed by atoms with Crippen LogP contribution < -0.4 is 10.1 Å². The summed E-state index contributed by atoms with van der Waals surface area (Å²) in [6.45, 7) is -0.0734. The molecule has 2 atom stereocenters. The van der Waals surface area contributed by atoms with E-state index in [4.69, 9.17) is 4.74 Å². The van der Waals surface area contributed by atoms with Gasteiger partial charge in [0, 0.05) is 31.9 Å². The summed E-state index contributed by atoms with van der Waals surface area (Å²) in [5.74, 6) is -0.882. The molecule has 1 N–H and O–H groups in total. The van der Waals surface area contributed by atoms with E-state index < -0.39 is 12.1 Å². The summed E-state index contributed by atoms with van der Waals surface area (Å²) < 4.78 is 44.0. The normalized spacial score (nSPS) is 21.2. The van der Waals surface area contributed by atoms with Gasteiger partial charge in [-0.1, -0.05) is 12.5 Å². The lowest BCUT2D eigenvalue weighted by Crippen LogP contribution is -2.34. The average molecular weight is 344 g/mol. The third kappa shape index (κ3) is 5.32. The van der Waals surface area contributed by atoms with Gasteiger partial charge in [0.05, 0.1) is 5.92 Å². The average Bonchev–Trinajstić information content (AvgIpc) is 2.52. The molecule has 0 heterocycles. The number of carbonyl (C=O) groups excluding carboxylic acids is 1. The van der Waals surface area contributed by atoms with Gasteiger partial charge in [-0.25, -0.2) is 0 Å². The Labute approximate surface area is 140 Å². The van der Waals surface area contributed by atoms with Gasteiger partial charge in [-0.15, -0.1) is 0 Å². The molecule has 0 unspecified atom stereocenters. The fraction of sp³-hybridized carbons (Fsp3) is 0.588. The van der Waals surface area contributed by atoms with Crippen LogP contribution in [-0.2, 0) is 4.79 Å². The van der Waals surface area contributed by atoms with Crippen LogP contribution in [0.1, 0.15) is 25.7 Å². The monoisotopic (exact) mass is 344 g/mol. The number of rotatable bonds is 5. The molecule has 1 fully saturated rings. The van der Waals surface area contributed by atoms with E-state index >= 15 is 0 Å². The first-order valence-corrected chi connectivity index (χ1v) is 8.02. The van der Waals surface area contributed by atoms with Gasteiger partial charge in [0.25, 0.3) is 5.91 Å². The summed E-state index contributed by atoms with van der Waals surface area (Å²) in [5.41, 5.74) is 0.706. The second-order valence-electron chi connectivity index (χ2n) is 6.35. The summed E-state index contributed by atoms with van der Waals surface area (Å²) in [6, 6.07) is 6.76. The minimum Gasteiger partial charge on any atom is -0.484 e. The first-order valence-electron chi connectivity index (χ1n) is 8.02. The van der Waals surface area contributed by atoms with Crippen molar-refractivity contribution in [1.29, 1.82) is 0 Å². The molecule has 24 heavy (non-hydrogen) atoms. The van der Waals surface area contributed by atoms with Gasteiger partial charge < -0.3 is 15.0 Å². The number of carbonyl (C=O) groups is 1. The second kappa shape index (κ2) is 7.77. The van der Waals surface area contributed by atoms with Gasteiger partial charge in [0.15, 0.2) is 6.61 Å². The Bertz CT molecular complexity index is 561. The van der Waals surface area contributed by atoms with Crippen LogP contribution in [-0.4, -0.2) is 43.7 Å².